The maximum atomic E-state index is 4.35. The maximum Gasteiger partial charge on any atom is 0.134 e. The second kappa shape index (κ2) is 4.60. The van der Waals surface area contributed by atoms with Crippen molar-refractivity contribution in [2.24, 2.45) is 5.92 Å². The van der Waals surface area contributed by atoms with Crippen LogP contribution in [0.4, 0.5) is 5.82 Å². The third-order valence-electron chi connectivity index (χ3n) is 3.19. The minimum Gasteiger partial charge on any atom is -0.356 e. The monoisotopic (exact) mass is 204 g/mol. The molecule has 0 unspecified atom stereocenters. The van der Waals surface area contributed by atoms with E-state index in [1.807, 2.05) is 6.20 Å². The van der Waals surface area contributed by atoms with Crippen LogP contribution in [0.3, 0.4) is 0 Å². The Morgan fingerprint density at radius 2 is 2.20 bits per heavy atom. The number of aromatic nitrogens is 2. The molecule has 0 aromatic carbocycles. The van der Waals surface area contributed by atoms with E-state index in [0.29, 0.717) is 0 Å². The molecule has 1 radical (unpaired) electrons. The van der Waals surface area contributed by atoms with E-state index in [-0.39, 0.29) is 0 Å². The molecule has 2 heterocycles. The predicted octanol–water partition coefficient (Wildman–Crippen LogP) is 2.23. The number of hydrogen-bond acceptors (Lipinski definition) is 3. The molecule has 0 N–H and O–H groups in total. The van der Waals surface area contributed by atoms with Gasteiger partial charge in [-0.1, -0.05) is 13.3 Å². The second-order valence-corrected chi connectivity index (χ2v) is 4.25. The van der Waals surface area contributed by atoms with Crippen LogP contribution < -0.4 is 4.90 Å². The maximum absolute atomic E-state index is 4.35. The Balaban J connectivity index is 2.04. The molecule has 0 saturated carbocycles. The van der Waals surface area contributed by atoms with E-state index in [0.717, 1.165) is 31.2 Å². The zero-order valence-corrected chi connectivity index (χ0v) is 9.32. The van der Waals surface area contributed by atoms with Gasteiger partial charge in [0.05, 0.1) is 0 Å². The highest BCUT2D eigenvalue weighted by molar-refractivity contribution is 5.44. The standard InChI is InChI=1S/C12H18N3/c1-3-11-4-6-15(7-5-11)12-10(2)8-13-9-14-12/h8-9,11H,1,3-7H2,2H3. The first-order valence-corrected chi connectivity index (χ1v) is 5.62. The number of aryl methyl sites for hydroxylation is 1. The molecule has 0 aliphatic carbocycles. The molecule has 0 amide bonds. The van der Waals surface area contributed by atoms with Gasteiger partial charge in [-0.25, -0.2) is 9.97 Å². The minimum atomic E-state index is 0.809. The van der Waals surface area contributed by atoms with Crippen LogP contribution in [0.2, 0.25) is 0 Å². The Kier molecular flexibility index (Phi) is 3.19. The lowest BCUT2D eigenvalue weighted by Crippen LogP contribution is -2.34. The van der Waals surface area contributed by atoms with Crippen molar-refractivity contribution in [2.45, 2.75) is 26.2 Å². The summed E-state index contributed by atoms with van der Waals surface area (Å²) >= 11 is 0. The molecule has 2 rings (SSSR count). The van der Waals surface area contributed by atoms with Gasteiger partial charge in [0.25, 0.3) is 0 Å². The molecule has 3 heteroatoms. The second-order valence-electron chi connectivity index (χ2n) is 4.25. The largest absolute Gasteiger partial charge is 0.356 e. The Labute approximate surface area is 91.5 Å². The van der Waals surface area contributed by atoms with Crippen molar-refractivity contribution >= 4 is 5.82 Å². The van der Waals surface area contributed by atoms with Crippen molar-refractivity contribution in [2.75, 3.05) is 18.0 Å². The van der Waals surface area contributed by atoms with Crippen LogP contribution in [0, 0.1) is 19.8 Å². The summed E-state index contributed by atoms with van der Waals surface area (Å²) < 4.78 is 0. The Bertz CT molecular complexity index is 316. The summed E-state index contributed by atoms with van der Waals surface area (Å²) in [4.78, 5) is 10.7. The van der Waals surface area contributed by atoms with E-state index in [1.54, 1.807) is 6.33 Å². The average Bonchev–Trinajstić information content (AvgIpc) is 2.30. The Morgan fingerprint density at radius 3 is 2.80 bits per heavy atom. The summed E-state index contributed by atoms with van der Waals surface area (Å²) in [6.45, 7) is 8.27. The van der Waals surface area contributed by atoms with E-state index in [2.05, 4.69) is 28.7 Å². The van der Waals surface area contributed by atoms with Crippen molar-refractivity contribution in [3.05, 3.63) is 25.0 Å². The molecular formula is C12H18N3. The molecule has 1 aliphatic heterocycles. The van der Waals surface area contributed by atoms with Crippen molar-refractivity contribution in [3.63, 3.8) is 0 Å². The summed E-state index contributed by atoms with van der Waals surface area (Å²) in [5, 5.41) is 0. The molecule has 0 bridgehead atoms. The smallest absolute Gasteiger partial charge is 0.134 e. The first-order valence-electron chi connectivity index (χ1n) is 5.62. The van der Waals surface area contributed by atoms with E-state index >= 15 is 0 Å². The number of rotatable bonds is 2. The van der Waals surface area contributed by atoms with Gasteiger partial charge in [-0.3, -0.25) is 0 Å². The van der Waals surface area contributed by atoms with E-state index in [9.17, 15) is 0 Å². The molecule has 1 saturated heterocycles. The van der Waals surface area contributed by atoms with Crippen molar-refractivity contribution in [1.29, 1.82) is 0 Å². The lowest BCUT2D eigenvalue weighted by Gasteiger charge is -2.32. The van der Waals surface area contributed by atoms with E-state index < -0.39 is 0 Å². The first-order chi connectivity index (χ1) is 7.31. The predicted molar refractivity (Wildman–Crippen MR) is 61.7 cm³/mol. The molecule has 1 aromatic rings. The summed E-state index contributed by atoms with van der Waals surface area (Å²) in [5.41, 5.74) is 1.17. The van der Waals surface area contributed by atoms with Crippen molar-refractivity contribution in [1.82, 2.24) is 9.97 Å². The Hall–Kier alpha value is -1.12. The zero-order valence-electron chi connectivity index (χ0n) is 9.32. The van der Waals surface area contributed by atoms with E-state index in [4.69, 9.17) is 0 Å². The number of nitrogens with zero attached hydrogens (tertiary/aromatic N) is 3. The fraction of sp³-hybridized carbons (Fsp3) is 0.583. The average molecular weight is 204 g/mol. The van der Waals surface area contributed by atoms with Crippen LogP contribution in [-0.4, -0.2) is 23.1 Å². The third kappa shape index (κ3) is 2.28. The summed E-state index contributed by atoms with van der Waals surface area (Å²) in [7, 11) is 0. The van der Waals surface area contributed by atoms with Gasteiger partial charge in [0, 0.05) is 24.8 Å². The molecular weight excluding hydrogens is 186 g/mol. The van der Waals surface area contributed by atoms with Gasteiger partial charge in [-0.05, 0) is 25.7 Å². The van der Waals surface area contributed by atoms with Crippen LogP contribution in [0.15, 0.2) is 12.5 Å². The first kappa shape index (κ1) is 10.4. The van der Waals surface area contributed by atoms with Gasteiger partial charge in [-0.2, -0.15) is 0 Å². The number of hydrogen-bond donors (Lipinski definition) is 0. The lowest BCUT2D eigenvalue weighted by atomic mass is 9.94. The lowest BCUT2D eigenvalue weighted by molar-refractivity contribution is 0.406. The molecule has 15 heavy (non-hydrogen) atoms. The highest BCUT2D eigenvalue weighted by Gasteiger charge is 2.19. The molecule has 1 aromatic heterocycles. The van der Waals surface area contributed by atoms with Crippen LogP contribution in [0.25, 0.3) is 0 Å². The number of piperidine rings is 1. The van der Waals surface area contributed by atoms with Gasteiger partial charge in [0.2, 0.25) is 0 Å². The van der Waals surface area contributed by atoms with Crippen LogP contribution >= 0.6 is 0 Å². The summed E-state index contributed by atoms with van der Waals surface area (Å²) in [6.07, 6.45) is 7.07. The highest BCUT2D eigenvalue weighted by Crippen LogP contribution is 2.24. The Morgan fingerprint density at radius 1 is 1.47 bits per heavy atom. The van der Waals surface area contributed by atoms with Gasteiger partial charge >= 0.3 is 0 Å². The molecule has 3 nitrogen and oxygen atoms in total. The van der Waals surface area contributed by atoms with Crippen molar-refractivity contribution < 1.29 is 0 Å². The fourth-order valence-corrected chi connectivity index (χ4v) is 2.16. The SMILES string of the molecule is [CH2]CC1CCN(c2ncncc2C)CC1. The van der Waals surface area contributed by atoms with Crippen molar-refractivity contribution in [3.8, 4) is 0 Å². The zero-order chi connectivity index (χ0) is 10.7. The van der Waals surface area contributed by atoms with Crippen LogP contribution in [0.1, 0.15) is 24.8 Å². The van der Waals surface area contributed by atoms with Gasteiger partial charge in [-0.15, -0.1) is 0 Å². The number of anilines is 1. The summed E-state index contributed by atoms with van der Waals surface area (Å²) in [6, 6.07) is 0. The molecule has 0 atom stereocenters. The normalized spacial score (nSPS) is 18.1. The minimum absolute atomic E-state index is 0.809. The van der Waals surface area contributed by atoms with E-state index in [1.165, 1.54) is 18.4 Å². The van der Waals surface area contributed by atoms with Crippen LogP contribution in [0.5, 0.6) is 0 Å². The summed E-state index contributed by atoms with van der Waals surface area (Å²) in [5.74, 6) is 1.91. The van der Waals surface area contributed by atoms with Crippen LogP contribution in [-0.2, 0) is 0 Å². The highest BCUT2D eigenvalue weighted by atomic mass is 15.2. The quantitative estimate of drug-likeness (QED) is 0.739. The third-order valence-corrected chi connectivity index (χ3v) is 3.19. The molecule has 0 spiro atoms. The molecule has 1 aliphatic rings. The van der Waals surface area contributed by atoms with Gasteiger partial charge < -0.3 is 4.90 Å². The molecule has 1 fully saturated rings. The van der Waals surface area contributed by atoms with Gasteiger partial charge in [0.1, 0.15) is 12.1 Å². The molecule has 81 valence electrons. The topological polar surface area (TPSA) is 29.0 Å². The van der Waals surface area contributed by atoms with Gasteiger partial charge in [0.15, 0.2) is 0 Å². The fourth-order valence-electron chi connectivity index (χ4n) is 2.16.